The molecule has 1 aromatic heterocycles. The van der Waals surface area contributed by atoms with E-state index in [0.717, 1.165) is 44.8 Å². The van der Waals surface area contributed by atoms with Crippen LogP contribution in [0, 0.1) is 11.8 Å². The van der Waals surface area contributed by atoms with Crippen LogP contribution in [0.25, 0.3) is 0 Å². The Hall–Kier alpha value is -1.69. The molecule has 1 aromatic rings. The topological polar surface area (TPSA) is 61.4 Å². The van der Waals surface area contributed by atoms with Crippen molar-refractivity contribution >= 4 is 11.7 Å². The van der Waals surface area contributed by atoms with E-state index in [1.807, 2.05) is 24.1 Å². The van der Waals surface area contributed by atoms with E-state index in [1.54, 1.807) is 6.20 Å². The Kier molecular flexibility index (Phi) is 4.57. The number of likely N-dealkylation sites (N-methyl/N-ethyl adjacent to an activating group) is 1. The van der Waals surface area contributed by atoms with Crippen molar-refractivity contribution in [2.24, 2.45) is 11.8 Å². The zero-order valence-electron chi connectivity index (χ0n) is 13.4. The summed E-state index contributed by atoms with van der Waals surface area (Å²) in [4.78, 5) is 16.9. The number of carbonyl (C=O) groups excluding carboxylic acids is 1. The summed E-state index contributed by atoms with van der Waals surface area (Å²) in [5.74, 6) is 1.79. The van der Waals surface area contributed by atoms with Crippen LogP contribution >= 0.6 is 0 Å². The van der Waals surface area contributed by atoms with Crippen LogP contribution < -0.4 is 10.2 Å². The summed E-state index contributed by atoms with van der Waals surface area (Å²) in [6.45, 7) is 5.83. The standard InChI is InChI=1S/C16H25N5O/c1-12(13-9-17-10-13)16(22)20(2)14-5-4-8-21(11-14)15-6-3-7-18-19-15/h3,6-7,12-14,17H,4-5,8-11H2,1-2H3. The van der Waals surface area contributed by atoms with Gasteiger partial charge in [0, 0.05) is 38.3 Å². The second-order valence-electron chi connectivity index (χ2n) is 6.48. The lowest BCUT2D eigenvalue weighted by atomic mass is 9.87. The zero-order valence-corrected chi connectivity index (χ0v) is 13.4. The summed E-state index contributed by atoms with van der Waals surface area (Å²) in [5.41, 5.74) is 0. The number of amides is 1. The van der Waals surface area contributed by atoms with Gasteiger partial charge in [0.15, 0.2) is 5.82 Å². The van der Waals surface area contributed by atoms with Gasteiger partial charge in [0.2, 0.25) is 5.91 Å². The molecule has 1 N–H and O–H groups in total. The molecule has 3 rings (SSSR count). The highest BCUT2D eigenvalue weighted by molar-refractivity contribution is 5.79. The molecule has 0 aromatic carbocycles. The predicted octanol–water partition coefficient (Wildman–Crippen LogP) is 0.759. The fourth-order valence-corrected chi connectivity index (χ4v) is 3.31. The first kappa shape index (κ1) is 15.2. The van der Waals surface area contributed by atoms with Gasteiger partial charge >= 0.3 is 0 Å². The van der Waals surface area contributed by atoms with E-state index in [1.165, 1.54) is 0 Å². The molecule has 2 fully saturated rings. The average Bonchev–Trinajstić information content (AvgIpc) is 2.52. The van der Waals surface area contributed by atoms with E-state index in [-0.39, 0.29) is 17.9 Å². The monoisotopic (exact) mass is 303 g/mol. The summed E-state index contributed by atoms with van der Waals surface area (Å²) in [6.07, 6.45) is 3.84. The van der Waals surface area contributed by atoms with Crippen molar-refractivity contribution in [3.05, 3.63) is 18.3 Å². The van der Waals surface area contributed by atoms with Crippen LogP contribution in [0.4, 0.5) is 5.82 Å². The summed E-state index contributed by atoms with van der Waals surface area (Å²) in [5, 5.41) is 11.4. The Morgan fingerprint density at radius 3 is 2.95 bits per heavy atom. The maximum absolute atomic E-state index is 12.7. The van der Waals surface area contributed by atoms with E-state index in [4.69, 9.17) is 0 Å². The molecule has 2 aliphatic rings. The highest BCUT2D eigenvalue weighted by atomic mass is 16.2. The summed E-state index contributed by atoms with van der Waals surface area (Å²) in [6, 6.07) is 4.16. The number of nitrogens with zero attached hydrogens (tertiary/aromatic N) is 4. The minimum atomic E-state index is 0.109. The third kappa shape index (κ3) is 3.06. The van der Waals surface area contributed by atoms with Crippen molar-refractivity contribution < 1.29 is 4.79 Å². The first-order chi connectivity index (χ1) is 10.7. The van der Waals surface area contributed by atoms with Gasteiger partial charge in [-0.1, -0.05) is 6.92 Å². The Morgan fingerprint density at radius 2 is 2.32 bits per heavy atom. The molecule has 2 saturated heterocycles. The lowest BCUT2D eigenvalue weighted by Gasteiger charge is -2.40. The van der Waals surface area contributed by atoms with Crippen molar-refractivity contribution in [1.82, 2.24) is 20.4 Å². The van der Waals surface area contributed by atoms with Crippen LogP contribution in [0.3, 0.4) is 0 Å². The molecule has 2 atom stereocenters. The zero-order chi connectivity index (χ0) is 15.5. The minimum Gasteiger partial charge on any atom is -0.353 e. The molecule has 3 heterocycles. The fraction of sp³-hybridized carbons (Fsp3) is 0.688. The summed E-state index contributed by atoms with van der Waals surface area (Å²) >= 11 is 0. The molecule has 0 radical (unpaired) electrons. The molecule has 6 heteroatoms. The van der Waals surface area contributed by atoms with Gasteiger partial charge in [-0.15, -0.1) is 5.10 Å². The molecule has 2 unspecified atom stereocenters. The Labute approximate surface area is 131 Å². The number of rotatable bonds is 4. The van der Waals surface area contributed by atoms with Crippen molar-refractivity contribution in [2.75, 3.05) is 38.1 Å². The molecule has 2 aliphatic heterocycles. The Balaban J connectivity index is 1.62. The molecule has 6 nitrogen and oxygen atoms in total. The molecular weight excluding hydrogens is 278 g/mol. The highest BCUT2D eigenvalue weighted by Gasteiger charge is 2.34. The molecule has 0 aliphatic carbocycles. The second kappa shape index (κ2) is 6.60. The van der Waals surface area contributed by atoms with Crippen LogP contribution in [0.5, 0.6) is 0 Å². The van der Waals surface area contributed by atoms with E-state index < -0.39 is 0 Å². The highest BCUT2D eigenvalue weighted by Crippen LogP contribution is 2.23. The van der Waals surface area contributed by atoms with E-state index in [2.05, 4.69) is 27.3 Å². The van der Waals surface area contributed by atoms with Gasteiger partial charge in [0.1, 0.15) is 0 Å². The van der Waals surface area contributed by atoms with Crippen molar-refractivity contribution in [3.63, 3.8) is 0 Å². The number of hydrogen-bond acceptors (Lipinski definition) is 5. The van der Waals surface area contributed by atoms with E-state index >= 15 is 0 Å². The Morgan fingerprint density at radius 1 is 1.50 bits per heavy atom. The lowest BCUT2D eigenvalue weighted by molar-refractivity contribution is -0.138. The molecule has 120 valence electrons. The third-order valence-corrected chi connectivity index (χ3v) is 5.08. The van der Waals surface area contributed by atoms with Crippen molar-refractivity contribution in [1.29, 1.82) is 0 Å². The predicted molar refractivity (Wildman–Crippen MR) is 85.6 cm³/mol. The van der Waals surface area contributed by atoms with Crippen LogP contribution in [0.1, 0.15) is 19.8 Å². The number of nitrogens with one attached hydrogen (secondary N) is 1. The summed E-state index contributed by atoms with van der Waals surface area (Å²) in [7, 11) is 1.95. The number of hydrogen-bond donors (Lipinski definition) is 1. The number of carbonyl (C=O) groups is 1. The quantitative estimate of drug-likeness (QED) is 0.890. The number of piperidine rings is 1. The molecule has 1 amide bonds. The largest absolute Gasteiger partial charge is 0.353 e. The molecule has 22 heavy (non-hydrogen) atoms. The van der Waals surface area contributed by atoms with Crippen LogP contribution in [0.15, 0.2) is 18.3 Å². The van der Waals surface area contributed by atoms with Gasteiger partial charge < -0.3 is 15.1 Å². The smallest absolute Gasteiger partial charge is 0.225 e. The second-order valence-corrected chi connectivity index (χ2v) is 6.48. The van der Waals surface area contributed by atoms with Gasteiger partial charge in [-0.3, -0.25) is 4.79 Å². The fourth-order valence-electron chi connectivity index (χ4n) is 3.31. The van der Waals surface area contributed by atoms with Crippen LogP contribution in [0.2, 0.25) is 0 Å². The first-order valence-corrected chi connectivity index (χ1v) is 8.17. The van der Waals surface area contributed by atoms with Gasteiger partial charge in [-0.2, -0.15) is 5.10 Å². The summed E-state index contributed by atoms with van der Waals surface area (Å²) < 4.78 is 0. The normalized spacial score (nSPS) is 23.7. The number of aromatic nitrogens is 2. The van der Waals surface area contributed by atoms with Gasteiger partial charge in [0.05, 0.1) is 0 Å². The minimum absolute atomic E-state index is 0.109. The Bertz CT molecular complexity index is 505. The maximum atomic E-state index is 12.7. The lowest BCUT2D eigenvalue weighted by Crippen LogP contribution is -2.54. The van der Waals surface area contributed by atoms with Crippen molar-refractivity contribution in [3.8, 4) is 0 Å². The average molecular weight is 303 g/mol. The van der Waals surface area contributed by atoms with Crippen LogP contribution in [-0.2, 0) is 4.79 Å². The maximum Gasteiger partial charge on any atom is 0.225 e. The van der Waals surface area contributed by atoms with Crippen molar-refractivity contribution in [2.45, 2.75) is 25.8 Å². The number of anilines is 1. The van der Waals surface area contributed by atoms with E-state index in [0.29, 0.717) is 5.92 Å². The van der Waals surface area contributed by atoms with Gasteiger partial charge in [0.25, 0.3) is 0 Å². The molecule has 0 bridgehead atoms. The molecular formula is C16H25N5O. The van der Waals surface area contributed by atoms with E-state index in [9.17, 15) is 4.79 Å². The van der Waals surface area contributed by atoms with Crippen LogP contribution in [-0.4, -0.2) is 60.3 Å². The molecule has 0 spiro atoms. The molecule has 0 saturated carbocycles. The first-order valence-electron chi connectivity index (χ1n) is 8.17. The van der Waals surface area contributed by atoms with Gasteiger partial charge in [-0.25, -0.2) is 0 Å². The SMILES string of the molecule is CC(C(=O)N(C)C1CCCN(c2cccnn2)C1)C1CNC1. The third-order valence-electron chi connectivity index (χ3n) is 5.08. The van der Waals surface area contributed by atoms with Gasteiger partial charge in [-0.05, 0) is 44.0 Å².